The van der Waals surface area contributed by atoms with Crippen molar-refractivity contribution in [2.75, 3.05) is 19.0 Å². The topological polar surface area (TPSA) is 67.9 Å². The third-order valence-electron chi connectivity index (χ3n) is 5.52. The third-order valence-corrected chi connectivity index (χ3v) is 5.52. The van der Waals surface area contributed by atoms with Crippen molar-refractivity contribution in [2.24, 2.45) is 0 Å². The summed E-state index contributed by atoms with van der Waals surface area (Å²) >= 11 is 0. The van der Waals surface area contributed by atoms with Crippen LogP contribution >= 0.6 is 0 Å². The number of anilines is 1. The second kappa shape index (κ2) is 10.3. The average molecular weight is 457 g/mol. The van der Waals surface area contributed by atoms with Gasteiger partial charge in [0.25, 0.3) is 11.8 Å². The molecule has 6 heteroatoms. The molecule has 4 rings (SSSR count). The molecule has 3 aromatic rings. The van der Waals surface area contributed by atoms with E-state index in [-0.39, 0.29) is 30.2 Å². The molecule has 0 saturated heterocycles. The van der Waals surface area contributed by atoms with E-state index in [2.05, 4.69) is 5.32 Å². The SMILES string of the molecule is COc1ccccc1NC1=C(c2ccc(OC(C)C)cc2)C(=O)N(CCc2ccccc2)C1=O. The minimum atomic E-state index is -0.357. The van der Waals surface area contributed by atoms with E-state index in [1.54, 1.807) is 13.2 Å². The molecular formula is C28H28N2O4. The second-order valence-corrected chi connectivity index (χ2v) is 8.26. The summed E-state index contributed by atoms with van der Waals surface area (Å²) in [6, 6.07) is 24.4. The number of para-hydroxylation sites is 2. The Bertz CT molecular complexity index is 1200. The van der Waals surface area contributed by atoms with Gasteiger partial charge in [-0.1, -0.05) is 54.6 Å². The van der Waals surface area contributed by atoms with Crippen molar-refractivity contribution in [2.45, 2.75) is 26.4 Å². The van der Waals surface area contributed by atoms with Crippen LogP contribution in [-0.2, 0) is 16.0 Å². The molecule has 1 aliphatic rings. The van der Waals surface area contributed by atoms with Gasteiger partial charge in [0.05, 0.1) is 24.5 Å². The number of amides is 2. The van der Waals surface area contributed by atoms with Gasteiger partial charge in [-0.25, -0.2) is 0 Å². The molecule has 0 bridgehead atoms. The van der Waals surface area contributed by atoms with Crippen molar-refractivity contribution in [1.29, 1.82) is 0 Å². The number of hydrogen-bond donors (Lipinski definition) is 1. The Balaban J connectivity index is 1.68. The molecule has 174 valence electrons. The Morgan fingerprint density at radius 1 is 0.853 bits per heavy atom. The Labute approximate surface area is 199 Å². The largest absolute Gasteiger partial charge is 0.495 e. The molecular weight excluding hydrogens is 428 g/mol. The van der Waals surface area contributed by atoms with Crippen LogP contribution in [0.5, 0.6) is 11.5 Å². The van der Waals surface area contributed by atoms with Crippen LogP contribution in [0.25, 0.3) is 5.57 Å². The van der Waals surface area contributed by atoms with Crippen molar-refractivity contribution in [1.82, 2.24) is 4.90 Å². The van der Waals surface area contributed by atoms with Crippen molar-refractivity contribution in [3.63, 3.8) is 0 Å². The van der Waals surface area contributed by atoms with Crippen LogP contribution in [0.15, 0.2) is 84.6 Å². The van der Waals surface area contributed by atoms with Crippen LogP contribution in [0.4, 0.5) is 5.69 Å². The smallest absolute Gasteiger partial charge is 0.278 e. The number of carbonyl (C=O) groups is 2. The summed E-state index contributed by atoms with van der Waals surface area (Å²) in [6.07, 6.45) is 0.616. The highest BCUT2D eigenvalue weighted by molar-refractivity contribution is 6.36. The Morgan fingerprint density at radius 3 is 2.21 bits per heavy atom. The average Bonchev–Trinajstić information content (AvgIpc) is 3.07. The van der Waals surface area contributed by atoms with Crippen molar-refractivity contribution >= 4 is 23.1 Å². The first-order valence-electron chi connectivity index (χ1n) is 11.3. The Morgan fingerprint density at radius 2 is 1.53 bits per heavy atom. The monoisotopic (exact) mass is 456 g/mol. The predicted octanol–water partition coefficient (Wildman–Crippen LogP) is 4.92. The lowest BCUT2D eigenvalue weighted by Crippen LogP contribution is -2.34. The summed E-state index contributed by atoms with van der Waals surface area (Å²) in [4.78, 5) is 28.3. The molecule has 0 spiro atoms. The van der Waals surface area contributed by atoms with E-state index < -0.39 is 0 Å². The fourth-order valence-corrected chi connectivity index (χ4v) is 3.90. The van der Waals surface area contributed by atoms with Gasteiger partial charge in [0.15, 0.2) is 0 Å². The molecule has 0 atom stereocenters. The lowest BCUT2D eigenvalue weighted by atomic mass is 10.0. The molecule has 6 nitrogen and oxygen atoms in total. The van der Waals surface area contributed by atoms with Gasteiger partial charge in [0.1, 0.15) is 17.2 Å². The maximum absolute atomic E-state index is 13.5. The van der Waals surface area contributed by atoms with E-state index in [0.29, 0.717) is 34.7 Å². The van der Waals surface area contributed by atoms with Crippen LogP contribution in [0.3, 0.4) is 0 Å². The Kier molecular flexibility index (Phi) is 6.97. The predicted molar refractivity (Wildman–Crippen MR) is 133 cm³/mol. The summed E-state index contributed by atoms with van der Waals surface area (Å²) in [5.41, 5.74) is 2.89. The van der Waals surface area contributed by atoms with Crippen LogP contribution in [0.1, 0.15) is 25.0 Å². The summed E-state index contributed by atoms with van der Waals surface area (Å²) < 4.78 is 11.2. The fraction of sp³-hybridized carbons (Fsp3) is 0.214. The van der Waals surface area contributed by atoms with Crippen LogP contribution in [-0.4, -0.2) is 36.5 Å². The van der Waals surface area contributed by atoms with E-state index in [4.69, 9.17) is 9.47 Å². The third kappa shape index (κ3) is 4.96. The zero-order valence-corrected chi connectivity index (χ0v) is 19.6. The molecule has 3 aromatic carbocycles. The first kappa shape index (κ1) is 23.1. The molecule has 34 heavy (non-hydrogen) atoms. The molecule has 0 aromatic heterocycles. The number of benzene rings is 3. The number of nitrogens with zero attached hydrogens (tertiary/aromatic N) is 1. The first-order chi connectivity index (χ1) is 16.5. The highest BCUT2D eigenvalue weighted by Crippen LogP contribution is 2.34. The lowest BCUT2D eigenvalue weighted by molar-refractivity contribution is -0.136. The van der Waals surface area contributed by atoms with E-state index in [0.717, 1.165) is 5.56 Å². The molecule has 0 saturated carbocycles. The van der Waals surface area contributed by atoms with Gasteiger partial charge in [0, 0.05) is 6.54 Å². The second-order valence-electron chi connectivity index (χ2n) is 8.26. The van der Waals surface area contributed by atoms with Gasteiger partial charge in [-0.3, -0.25) is 14.5 Å². The quantitative estimate of drug-likeness (QED) is 0.463. The van der Waals surface area contributed by atoms with Crippen molar-refractivity contribution in [3.8, 4) is 11.5 Å². The van der Waals surface area contributed by atoms with E-state index in [9.17, 15) is 9.59 Å². The maximum atomic E-state index is 13.5. The summed E-state index contributed by atoms with van der Waals surface area (Å²) in [6.45, 7) is 4.20. The number of imide groups is 1. The van der Waals surface area contributed by atoms with Crippen molar-refractivity contribution < 1.29 is 19.1 Å². The first-order valence-corrected chi connectivity index (χ1v) is 11.3. The van der Waals surface area contributed by atoms with Crippen LogP contribution in [0, 0.1) is 0 Å². The fourth-order valence-electron chi connectivity index (χ4n) is 3.90. The highest BCUT2D eigenvalue weighted by atomic mass is 16.5. The number of hydrogen-bond acceptors (Lipinski definition) is 5. The van der Waals surface area contributed by atoms with Gasteiger partial charge in [0.2, 0.25) is 0 Å². The summed E-state index contributed by atoms with van der Waals surface area (Å²) in [7, 11) is 1.57. The standard InChI is InChI=1S/C28H28N2O4/c1-19(2)34-22-15-13-21(14-16-22)25-26(29-23-11-7-8-12-24(23)33-3)28(32)30(27(25)31)18-17-20-9-5-4-6-10-20/h4-16,19,29H,17-18H2,1-3H3. The number of ether oxygens (including phenoxy) is 2. The number of rotatable bonds is 9. The number of carbonyl (C=O) groups excluding carboxylic acids is 2. The molecule has 0 fully saturated rings. The zero-order chi connectivity index (χ0) is 24.1. The zero-order valence-electron chi connectivity index (χ0n) is 19.6. The minimum Gasteiger partial charge on any atom is -0.495 e. The number of nitrogens with one attached hydrogen (secondary N) is 1. The highest BCUT2D eigenvalue weighted by Gasteiger charge is 2.39. The van der Waals surface area contributed by atoms with Gasteiger partial charge in [-0.05, 0) is 55.7 Å². The van der Waals surface area contributed by atoms with Gasteiger partial charge in [-0.15, -0.1) is 0 Å². The van der Waals surface area contributed by atoms with Gasteiger partial charge < -0.3 is 14.8 Å². The van der Waals surface area contributed by atoms with Crippen LogP contribution in [0.2, 0.25) is 0 Å². The molecule has 1 heterocycles. The molecule has 0 aliphatic carbocycles. The molecule has 0 radical (unpaired) electrons. The lowest BCUT2D eigenvalue weighted by Gasteiger charge is -2.16. The van der Waals surface area contributed by atoms with E-state index >= 15 is 0 Å². The normalized spacial score (nSPS) is 13.6. The summed E-state index contributed by atoms with van der Waals surface area (Å²) in [5, 5.41) is 3.18. The maximum Gasteiger partial charge on any atom is 0.278 e. The van der Waals surface area contributed by atoms with E-state index in [1.807, 2.05) is 86.6 Å². The minimum absolute atomic E-state index is 0.0380. The van der Waals surface area contributed by atoms with Gasteiger partial charge >= 0.3 is 0 Å². The molecule has 1 N–H and O–H groups in total. The van der Waals surface area contributed by atoms with Crippen LogP contribution < -0.4 is 14.8 Å². The van der Waals surface area contributed by atoms with E-state index in [1.165, 1.54) is 4.90 Å². The van der Waals surface area contributed by atoms with Crippen molar-refractivity contribution in [3.05, 3.63) is 95.7 Å². The molecule has 2 amide bonds. The molecule has 0 unspecified atom stereocenters. The summed E-state index contributed by atoms with van der Waals surface area (Å²) in [5.74, 6) is 0.606. The number of methoxy groups -OCH3 is 1. The molecule has 1 aliphatic heterocycles. The Hall–Kier alpha value is -4.06. The van der Waals surface area contributed by atoms with Gasteiger partial charge in [-0.2, -0.15) is 0 Å².